The van der Waals surface area contributed by atoms with Gasteiger partial charge in [0.15, 0.2) is 4.80 Å². The smallest absolute Gasteiger partial charge is 0.383 e. The van der Waals surface area contributed by atoms with E-state index in [-0.39, 0.29) is 11.5 Å². The van der Waals surface area contributed by atoms with E-state index in [4.69, 9.17) is 4.74 Å². The summed E-state index contributed by atoms with van der Waals surface area (Å²) in [5, 5.41) is 2.69. The third kappa shape index (κ3) is 4.95. The van der Waals surface area contributed by atoms with Crippen molar-refractivity contribution in [2.45, 2.75) is 19.6 Å². The van der Waals surface area contributed by atoms with Crippen LogP contribution in [-0.4, -0.2) is 30.1 Å². The first-order chi connectivity index (χ1) is 14.2. The molecule has 0 saturated heterocycles. The van der Waals surface area contributed by atoms with Gasteiger partial charge in [0, 0.05) is 31.8 Å². The lowest BCUT2D eigenvalue weighted by atomic mass is 10.1. The monoisotopic (exact) mass is 437 g/mol. The Morgan fingerprint density at radius 2 is 1.97 bits per heavy atom. The number of nitrogens with one attached hydrogen (secondary N) is 1. The molecular weight excluding hydrogens is 419 g/mol. The van der Waals surface area contributed by atoms with E-state index in [0.717, 1.165) is 22.3 Å². The van der Waals surface area contributed by atoms with Crippen molar-refractivity contribution in [3.63, 3.8) is 0 Å². The number of rotatable bonds is 5. The fourth-order valence-electron chi connectivity index (χ4n) is 2.82. The fraction of sp³-hybridized carbons (Fsp3) is 0.250. The molecule has 0 aliphatic carbocycles. The number of benzene rings is 2. The number of fused-ring (bicyclic) bond motifs is 1. The van der Waals surface area contributed by atoms with Crippen LogP contribution in [0.3, 0.4) is 0 Å². The molecule has 0 aliphatic heterocycles. The average molecular weight is 437 g/mol. The quantitative estimate of drug-likeness (QED) is 0.654. The highest BCUT2D eigenvalue weighted by Gasteiger charge is 2.30. The van der Waals surface area contributed by atoms with E-state index in [9.17, 15) is 22.8 Å². The summed E-state index contributed by atoms with van der Waals surface area (Å²) in [6.07, 6.45) is -4.55. The predicted molar refractivity (Wildman–Crippen MR) is 107 cm³/mol. The summed E-state index contributed by atoms with van der Waals surface area (Å²) in [4.78, 5) is 28.3. The van der Waals surface area contributed by atoms with Gasteiger partial charge in [0.05, 0.1) is 22.4 Å². The Labute approximate surface area is 173 Å². The molecule has 0 atom stereocenters. The molecule has 0 unspecified atom stereocenters. The van der Waals surface area contributed by atoms with Gasteiger partial charge >= 0.3 is 6.18 Å². The second-order valence-corrected chi connectivity index (χ2v) is 7.40. The molecule has 0 radical (unpaired) electrons. The number of carbonyl (C=O) groups is 2. The number of amides is 2. The minimum absolute atomic E-state index is 0.153. The number of alkyl halides is 3. The second kappa shape index (κ2) is 8.80. The van der Waals surface area contributed by atoms with Gasteiger partial charge < -0.3 is 14.6 Å². The minimum Gasteiger partial charge on any atom is -0.383 e. The first-order valence-electron chi connectivity index (χ1n) is 8.85. The van der Waals surface area contributed by atoms with Crippen molar-refractivity contribution in [1.29, 1.82) is 0 Å². The molecule has 0 fully saturated rings. The van der Waals surface area contributed by atoms with Crippen LogP contribution in [0.25, 0.3) is 10.2 Å². The summed E-state index contributed by atoms with van der Waals surface area (Å²) in [5.74, 6) is -0.997. The molecule has 0 saturated carbocycles. The van der Waals surface area contributed by atoms with E-state index >= 15 is 0 Å². The number of nitrogens with zero attached hydrogens (tertiary/aromatic N) is 2. The second-order valence-electron chi connectivity index (χ2n) is 6.39. The summed E-state index contributed by atoms with van der Waals surface area (Å²) >= 11 is 1.19. The van der Waals surface area contributed by atoms with Crippen LogP contribution in [0.1, 0.15) is 22.8 Å². The molecule has 2 aromatic carbocycles. The van der Waals surface area contributed by atoms with Gasteiger partial charge in [0.1, 0.15) is 0 Å². The molecule has 0 aliphatic rings. The zero-order valence-electron chi connectivity index (χ0n) is 16.1. The summed E-state index contributed by atoms with van der Waals surface area (Å²) < 4.78 is 46.5. The highest BCUT2D eigenvalue weighted by molar-refractivity contribution is 7.16. The van der Waals surface area contributed by atoms with Crippen molar-refractivity contribution < 1.29 is 27.5 Å². The molecule has 2 amide bonds. The van der Waals surface area contributed by atoms with Crippen LogP contribution >= 0.6 is 11.3 Å². The zero-order valence-corrected chi connectivity index (χ0v) is 16.9. The van der Waals surface area contributed by atoms with Crippen molar-refractivity contribution in [2.24, 2.45) is 4.99 Å². The van der Waals surface area contributed by atoms with E-state index in [1.807, 2.05) is 0 Å². The Kier molecular flexibility index (Phi) is 6.37. The Balaban J connectivity index is 2.07. The lowest BCUT2D eigenvalue weighted by Gasteiger charge is -2.07. The molecule has 10 heteroatoms. The molecule has 0 spiro atoms. The molecule has 1 aromatic heterocycles. The molecule has 30 heavy (non-hydrogen) atoms. The highest BCUT2D eigenvalue weighted by Crippen LogP contribution is 2.29. The number of aromatic nitrogens is 1. The summed E-state index contributed by atoms with van der Waals surface area (Å²) in [5.41, 5.74) is 0.291. The number of halogens is 3. The zero-order chi connectivity index (χ0) is 21.9. The van der Waals surface area contributed by atoms with Gasteiger partial charge in [-0.15, -0.1) is 0 Å². The van der Waals surface area contributed by atoms with Crippen LogP contribution in [0.2, 0.25) is 0 Å². The van der Waals surface area contributed by atoms with E-state index in [1.54, 1.807) is 22.8 Å². The Hall–Kier alpha value is -2.98. The maximum Gasteiger partial charge on any atom is 0.416 e. The largest absolute Gasteiger partial charge is 0.416 e. The summed E-state index contributed by atoms with van der Waals surface area (Å²) in [6, 6.07) is 9.40. The molecule has 3 rings (SSSR count). The summed E-state index contributed by atoms with van der Waals surface area (Å²) in [6.45, 7) is 2.14. The molecule has 1 heterocycles. The number of hydrogen-bond donors (Lipinski definition) is 1. The van der Waals surface area contributed by atoms with E-state index < -0.39 is 17.6 Å². The van der Waals surface area contributed by atoms with Crippen LogP contribution in [0.5, 0.6) is 0 Å². The topological polar surface area (TPSA) is 72.7 Å². The molecule has 0 bridgehead atoms. The lowest BCUT2D eigenvalue weighted by Crippen LogP contribution is -2.19. The van der Waals surface area contributed by atoms with Crippen molar-refractivity contribution in [1.82, 2.24) is 4.57 Å². The number of carbonyl (C=O) groups excluding carboxylic acids is 2. The predicted octanol–water partition coefficient (Wildman–Crippen LogP) is 4.07. The number of ether oxygens (including phenoxy) is 1. The van der Waals surface area contributed by atoms with Gasteiger partial charge in [-0.25, -0.2) is 0 Å². The van der Waals surface area contributed by atoms with E-state index in [0.29, 0.717) is 23.6 Å². The maximum absolute atomic E-state index is 12.9. The third-order valence-corrected chi connectivity index (χ3v) is 5.20. The van der Waals surface area contributed by atoms with Crippen LogP contribution < -0.4 is 10.1 Å². The third-order valence-electron chi connectivity index (χ3n) is 4.16. The standard InChI is InChI=1S/C20H18F3N3O3S/c1-12(27)24-15-6-7-16-17(11-15)30-19(26(16)8-9-29-2)25-18(28)13-4-3-5-14(10-13)20(21,22)23/h3-7,10-11H,8-9H2,1-2H3,(H,24,27). The van der Waals surface area contributed by atoms with Crippen molar-refractivity contribution >= 4 is 39.1 Å². The fourth-order valence-corrected chi connectivity index (χ4v) is 3.91. The maximum atomic E-state index is 12.9. The number of anilines is 1. The molecule has 3 aromatic rings. The van der Waals surface area contributed by atoms with E-state index in [1.165, 1.54) is 37.5 Å². The SMILES string of the molecule is COCCn1c(=NC(=O)c2cccc(C(F)(F)F)c2)sc2cc(NC(C)=O)ccc21. The Morgan fingerprint density at radius 1 is 1.20 bits per heavy atom. The van der Waals surface area contributed by atoms with Crippen molar-refractivity contribution in [3.8, 4) is 0 Å². The average Bonchev–Trinajstić information content (AvgIpc) is 3.01. The van der Waals surface area contributed by atoms with Gasteiger partial charge in [0.25, 0.3) is 5.91 Å². The molecule has 158 valence electrons. The number of hydrogen-bond acceptors (Lipinski definition) is 4. The highest BCUT2D eigenvalue weighted by atomic mass is 32.1. The van der Waals surface area contributed by atoms with Crippen LogP contribution in [0.15, 0.2) is 47.5 Å². The van der Waals surface area contributed by atoms with Crippen LogP contribution in [0.4, 0.5) is 18.9 Å². The molecule has 1 N–H and O–H groups in total. The van der Waals surface area contributed by atoms with Gasteiger partial charge in [-0.1, -0.05) is 17.4 Å². The van der Waals surface area contributed by atoms with Gasteiger partial charge in [-0.05, 0) is 36.4 Å². The van der Waals surface area contributed by atoms with Gasteiger partial charge in [-0.3, -0.25) is 9.59 Å². The Morgan fingerprint density at radius 3 is 2.63 bits per heavy atom. The van der Waals surface area contributed by atoms with Crippen LogP contribution in [0, 0.1) is 0 Å². The molecule has 6 nitrogen and oxygen atoms in total. The first kappa shape index (κ1) is 21.7. The van der Waals surface area contributed by atoms with Crippen molar-refractivity contribution in [2.75, 3.05) is 19.0 Å². The number of thiazole rings is 1. The summed E-state index contributed by atoms with van der Waals surface area (Å²) in [7, 11) is 1.54. The van der Waals surface area contributed by atoms with Crippen molar-refractivity contribution in [3.05, 3.63) is 58.4 Å². The first-order valence-corrected chi connectivity index (χ1v) is 9.67. The van der Waals surface area contributed by atoms with Gasteiger partial charge in [-0.2, -0.15) is 18.2 Å². The normalized spacial score (nSPS) is 12.4. The lowest BCUT2D eigenvalue weighted by molar-refractivity contribution is -0.137. The Bertz CT molecular complexity index is 1170. The minimum atomic E-state index is -4.55. The van der Waals surface area contributed by atoms with E-state index in [2.05, 4.69) is 10.3 Å². The van der Waals surface area contributed by atoms with Crippen LogP contribution in [-0.2, 0) is 22.3 Å². The number of methoxy groups -OCH3 is 1. The van der Waals surface area contributed by atoms with Gasteiger partial charge in [0.2, 0.25) is 5.91 Å². The molecular formula is C20H18F3N3O3S.